The molecule has 35 heavy (non-hydrogen) atoms. The molecule has 5 rings (SSSR count). The lowest BCUT2D eigenvalue weighted by molar-refractivity contribution is -0.308. The van der Waals surface area contributed by atoms with Crippen LogP contribution in [0.3, 0.4) is 0 Å². The highest BCUT2D eigenvalue weighted by Gasteiger charge is 2.56. The van der Waals surface area contributed by atoms with Gasteiger partial charge >= 0.3 is 0 Å². The van der Waals surface area contributed by atoms with Crippen molar-refractivity contribution >= 4 is 11.9 Å². The number of aliphatic hydroxyl groups is 1. The number of aromatic amines is 1. The number of H-pyrrole nitrogens is 1. The second-order valence-electron chi connectivity index (χ2n) is 10.2. The van der Waals surface area contributed by atoms with Crippen molar-refractivity contribution in [2.75, 3.05) is 6.61 Å². The predicted octanol–water partition coefficient (Wildman–Crippen LogP) is 0.0680. The second kappa shape index (κ2) is 10.1. The Balaban J connectivity index is 1.31. The molecule has 1 amide bonds. The van der Waals surface area contributed by atoms with Crippen LogP contribution in [-0.4, -0.2) is 75.6 Å². The first-order chi connectivity index (χ1) is 16.9. The Hall–Kier alpha value is -2.05. The Morgan fingerprint density at radius 3 is 2.40 bits per heavy atom. The van der Waals surface area contributed by atoms with E-state index in [-0.39, 0.29) is 13.0 Å². The summed E-state index contributed by atoms with van der Waals surface area (Å²) >= 11 is 0. The van der Waals surface area contributed by atoms with Gasteiger partial charge in [0.25, 0.3) is 5.91 Å². The summed E-state index contributed by atoms with van der Waals surface area (Å²) in [6, 6.07) is -1.30. The van der Waals surface area contributed by atoms with Gasteiger partial charge in [-0.25, -0.2) is 4.98 Å². The SMILES string of the molecule is O=C([O-])C(Cc1cnc[nH]1)NC(=O)C1OC2(CCCCC2)OC1C(O)C1COC2(CCCCC2)O1. The van der Waals surface area contributed by atoms with Gasteiger partial charge in [0.15, 0.2) is 17.7 Å². The van der Waals surface area contributed by atoms with E-state index >= 15 is 0 Å². The van der Waals surface area contributed by atoms with Gasteiger partial charge in [0.1, 0.15) is 18.3 Å². The highest BCUT2D eigenvalue weighted by atomic mass is 16.8. The summed E-state index contributed by atoms with van der Waals surface area (Å²) in [7, 11) is 0. The number of carboxylic acid groups (broad SMARTS) is 1. The zero-order valence-corrected chi connectivity index (χ0v) is 19.8. The molecule has 0 radical (unpaired) electrons. The largest absolute Gasteiger partial charge is 0.548 e. The van der Waals surface area contributed by atoms with Crippen LogP contribution in [-0.2, 0) is 35.0 Å². The third kappa shape index (κ3) is 5.24. The molecule has 0 aromatic carbocycles. The van der Waals surface area contributed by atoms with E-state index in [4.69, 9.17) is 18.9 Å². The van der Waals surface area contributed by atoms with Gasteiger partial charge in [0.2, 0.25) is 0 Å². The van der Waals surface area contributed by atoms with E-state index in [0.717, 1.165) is 51.4 Å². The first kappa shape index (κ1) is 24.6. The number of amides is 1. The fourth-order valence-electron chi connectivity index (χ4n) is 5.79. The van der Waals surface area contributed by atoms with Crippen molar-refractivity contribution in [3.63, 3.8) is 0 Å². The van der Waals surface area contributed by atoms with E-state index < -0.39 is 53.9 Å². The Morgan fingerprint density at radius 2 is 1.77 bits per heavy atom. The number of hydrogen-bond donors (Lipinski definition) is 3. The smallest absolute Gasteiger partial charge is 0.252 e. The van der Waals surface area contributed by atoms with Crippen LogP contribution in [0, 0.1) is 0 Å². The molecule has 4 aliphatic rings. The lowest BCUT2D eigenvalue weighted by Crippen LogP contribution is -2.55. The summed E-state index contributed by atoms with van der Waals surface area (Å²) in [6.45, 7) is 0.198. The number of carbonyl (C=O) groups excluding carboxylic acids is 2. The van der Waals surface area contributed by atoms with Crippen LogP contribution in [0.4, 0.5) is 0 Å². The quantitative estimate of drug-likeness (QED) is 0.479. The predicted molar refractivity (Wildman–Crippen MR) is 117 cm³/mol. The van der Waals surface area contributed by atoms with Gasteiger partial charge < -0.3 is 44.3 Å². The topological polar surface area (TPSA) is 155 Å². The van der Waals surface area contributed by atoms with Crippen LogP contribution in [0.2, 0.25) is 0 Å². The molecular weight excluding hydrogens is 458 g/mol. The van der Waals surface area contributed by atoms with Crippen LogP contribution < -0.4 is 10.4 Å². The number of hydrogen-bond acceptors (Lipinski definition) is 9. The lowest BCUT2D eigenvalue weighted by Gasteiger charge is -2.34. The summed E-state index contributed by atoms with van der Waals surface area (Å²) in [6.07, 6.45) is 7.50. The standard InChI is InChI=1S/C24H35N3O8/c28-18(17-13-32-23(33-17)7-3-1-4-8-23)19-20(35-24(34-19)9-5-2-6-10-24)21(29)27-16(22(30)31)11-15-12-25-14-26-15/h12,14,16-20,28H,1-11,13H2,(H,25,26)(H,27,29)(H,30,31)/p-1. The molecule has 2 saturated carbocycles. The number of carboxylic acids is 1. The number of aromatic nitrogens is 2. The third-order valence-electron chi connectivity index (χ3n) is 7.65. The molecule has 2 aliphatic heterocycles. The molecule has 11 nitrogen and oxygen atoms in total. The molecule has 3 heterocycles. The van der Waals surface area contributed by atoms with Gasteiger partial charge in [0, 0.05) is 44.0 Å². The number of imidazole rings is 1. The van der Waals surface area contributed by atoms with Crippen molar-refractivity contribution in [2.45, 2.75) is 113 Å². The molecule has 3 N–H and O–H groups in total. The van der Waals surface area contributed by atoms with Crippen LogP contribution in [0.5, 0.6) is 0 Å². The number of nitrogens with one attached hydrogen (secondary N) is 2. The zero-order valence-electron chi connectivity index (χ0n) is 19.8. The zero-order chi connectivity index (χ0) is 24.5. The number of ether oxygens (including phenoxy) is 4. The maximum absolute atomic E-state index is 13.3. The summed E-state index contributed by atoms with van der Waals surface area (Å²) < 4.78 is 24.6. The highest BCUT2D eigenvalue weighted by molar-refractivity contribution is 5.86. The van der Waals surface area contributed by atoms with Gasteiger partial charge in [-0.1, -0.05) is 12.8 Å². The van der Waals surface area contributed by atoms with Crippen molar-refractivity contribution in [1.82, 2.24) is 15.3 Å². The molecule has 194 valence electrons. The first-order valence-corrected chi connectivity index (χ1v) is 12.7. The third-order valence-corrected chi connectivity index (χ3v) is 7.65. The minimum atomic E-state index is -1.43. The van der Waals surface area contributed by atoms with E-state index in [1.807, 2.05) is 0 Å². The van der Waals surface area contributed by atoms with E-state index in [1.165, 1.54) is 12.5 Å². The Bertz CT molecular complexity index is 881. The normalized spacial score (nSPS) is 31.4. The van der Waals surface area contributed by atoms with Gasteiger partial charge in [0.05, 0.1) is 24.9 Å². The molecule has 1 aromatic rings. The molecule has 5 unspecified atom stereocenters. The molecule has 1 aromatic heterocycles. The Morgan fingerprint density at radius 1 is 1.09 bits per heavy atom. The van der Waals surface area contributed by atoms with Crippen molar-refractivity contribution in [3.8, 4) is 0 Å². The van der Waals surface area contributed by atoms with E-state index in [2.05, 4.69) is 15.3 Å². The lowest BCUT2D eigenvalue weighted by atomic mass is 9.94. The van der Waals surface area contributed by atoms with Crippen LogP contribution in [0.25, 0.3) is 0 Å². The van der Waals surface area contributed by atoms with Crippen molar-refractivity contribution in [3.05, 3.63) is 18.2 Å². The average Bonchev–Trinajstić information content (AvgIpc) is 3.59. The molecule has 2 spiro atoms. The molecule has 0 bridgehead atoms. The number of aliphatic hydroxyl groups excluding tert-OH is 1. The molecule has 5 atom stereocenters. The minimum absolute atomic E-state index is 0.0257. The number of carbonyl (C=O) groups is 2. The fraction of sp³-hybridized carbons (Fsp3) is 0.792. The van der Waals surface area contributed by atoms with Crippen LogP contribution >= 0.6 is 0 Å². The molecule has 2 saturated heterocycles. The van der Waals surface area contributed by atoms with Crippen molar-refractivity contribution in [2.24, 2.45) is 0 Å². The van der Waals surface area contributed by atoms with Crippen molar-refractivity contribution in [1.29, 1.82) is 0 Å². The van der Waals surface area contributed by atoms with E-state index in [1.54, 1.807) is 0 Å². The first-order valence-electron chi connectivity index (χ1n) is 12.7. The summed E-state index contributed by atoms with van der Waals surface area (Å²) in [4.78, 5) is 31.8. The maximum atomic E-state index is 13.3. The van der Waals surface area contributed by atoms with Gasteiger partial charge in [-0.05, 0) is 25.7 Å². The number of nitrogens with zero attached hydrogens (tertiary/aromatic N) is 1. The maximum Gasteiger partial charge on any atom is 0.252 e. The van der Waals surface area contributed by atoms with E-state index in [9.17, 15) is 19.8 Å². The van der Waals surface area contributed by atoms with Crippen LogP contribution in [0.1, 0.15) is 69.9 Å². The van der Waals surface area contributed by atoms with Crippen molar-refractivity contribution < 1.29 is 38.7 Å². The monoisotopic (exact) mass is 492 g/mol. The Labute approximate surface area is 203 Å². The summed E-state index contributed by atoms with van der Waals surface area (Å²) in [5.74, 6) is -3.76. The number of aliphatic carboxylic acids is 1. The Kier molecular flexibility index (Phi) is 7.13. The summed E-state index contributed by atoms with van der Waals surface area (Å²) in [5, 5.41) is 25.6. The van der Waals surface area contributed by atoms with Gasteiger partial charge in [-0.15, -0.1) is 0 Å². The molecule has 2 aliphatic carbocycles. The fourth-order valence-corrected chi connectivity index (χ4v) is 5.79. The minimum Gasteiger partial charge on any atom is -0.548 e. The van der Waals surface area contributed by atoms with Gasteiger partial charge in [-0.2, -0.15) is 0 Å². The molecule has 4 fully saturated rings. The number of rotatable bonds is 7. The van der Waals surface area contributed by atoms with E-state index in [0.29, 0.717) is 18.5 Å². The highest BCUT2D eigenvalue weighted by Crippen LogP contribution is 2.44. The second-order valence-corrected chi connectivity index (χ2v) is 10.2. The summed E-state index contributed by atoms with van der Waals surface area (Å²) in [5.41, 5.74) is 0.540. The van der Waals surface area contributed by atoms with Crippen LogP contribution in [0.15, 0.2) is 12.5 Å². The average molecular weight is 493 g/mol. The molecule has 11 heteroatoms. The molecular formula is C24H34N3O8-. The van der Waals surface area contributed by atoms with Gasteiger partial charge in [-0.3, -0.25) is 4.79 Å².